The van der Waals surface area contributed by atoms with Crippen LogP contribution in [0.1, 0.15) is 18.5 Å². The molecule has 6 nitrogen and oxygen atoms in total. The second-order valence-corrected chi connectivity index (χ2v) is 5.92. The molecule has 118 valence electrons. The van der Waals surface area contributed by atoms with E-state index in [2.05, 4.69) is 25.2 Å². The van der Waals surface area contributed by atoms with E-state index in [-0.39, 0.29) is 0 Å². The fraction of sp³-hybridized carbons (Fsp3) is 0.353. The average molecular weight is 309 g/mol. The molecular weight excluding hydrogens is 290 g/mol. The van der Waals surface area contributed by atoms with Gasteiger partial charge in [0.25, 0.3) is 0 Å². The average Bonchev–Trinajstić information content (AvgIpc) is 3.04. The number of nitrogens with one attached hydrogen (secondary N) is 1. The minimum absolute atomic E-state index is 0.434. The Morgan fingerprint density at radius 3 is 2.87 bits per heavy atom. The molecule has 0 radical (unpaired) electrons. The van der Waals surface area contributed by atoms with Crippen molar-refractivity contribution in [2.45, 2.75) is 25.8 Å². The van der Waals surface area contributed by atoms with Crippen molar-refractivity contribution in [3.63, 3.8) is 0 Å². The van der Waals surface area contributed by atoms with Crippen molar-refractivity contribution in [2.24, 2.45) is 0 Å². The summed E-state index contributed by atoms with van der Waals surface area (Å²) >= 11 is 0. The molecule has 0 spiro atoms. The lowest BCUT2D eigenvalue weighted by molar-refractivity contribution is 0.523. The predicted molar refractivity (Wildman–Crippen MR) is 89.6 cm³/mol. The Hall–Kier alpha value is -2.63. The van der Waals surface area contributed by atoms with E-state index in [4.69, 9.17) is 4.42 Å². The van der Waals surface area contributed by atoms with E-state index in [0.29, 0.717) is 6.04 Å². The zero-order chi connectivity index (χ0) is 15.6. The number of aryl methyl sites for hydroxylation is 1. The van der Waals surface area contributed by atoms with Crippen LogP contribution in [0.4, 0.5) is 11.6 Å². The van der Waals surface area contributed by atoms with E-state index < -0.39 is 0 Å². The maximum Gasteiger partial charge on any atom is 0.139 e. The van der Waals surface area contributed by atoms with Crippen LogP contribution in [-0.4, -0.2) is 34.1 Å². The summed E-state index contributed by atoms with van der Waals surface area (Å²) < 4.78 is 5.47. The van der Waals surface area contributed by atoms with Gasteiger partial charge in [-0.2, -0.15) is 0 Å². The molecule has 1 aliphatic rings. The number of hydrogen-bond acceptors (Lipinski definition) is 6. The summed E-state index contributed by atoms with van der Waals surface area (Å²) in [6.45, 7) is 3.92. The van der Waals surface area contributed by atoms with E-state index in [1.807, 2.05) is 31.3 Å². The molecule has 0 bridgehead atoms. The Kier molecular flexibility index (Phi) is 3.57. The third kappa shape index (κ3) is 2.84. The van der Waals surface area contributed by atoms with E-state index in [1.54, 1.807) is 12.6 Å². The second kappa shape index (κ2) is 5.87. The predicted octanol–water partition coefficient (Wildman–Crippen LogP) is 3.01. The van der Waals surface area contributed by atoms with Gasteiger partial charge < -0.3 is 14.6 Å². The minimum Gasteiger partial charge on any atom is -0.464 e. The summed E-state index contributed by atoms with van der Waals surface area (Å²) in [5.41, 5.74) is 1.88. The molecule has 1 fully saturated rings. The molecule has 3 aromatic heterocycles. The summed E-state index contributed by atoms with van der Waals surface area (Å²) in [6.07, 6.45) is 7.25. The van der Waals surface area contributed by atoms with Gasteiger partial charge in [-0.1, -0.05) is 0 Å². The number of pyridine rings is 1. The van der Waals surface area contributed by atoms with Crippen molar-refractivity contribution in [2.75, 3.05) is 23.3 Å². The topological polar surface area (TPSA) is 67.1 Å². The van der Waals surface area contributed by atoms with E-state index in [1.165, 1.54) is 0 Å². The molecule has 1 aliphatic heterocycles. The normalized spacial score (nSPS) is 16.0. The second-order valence-electron chi connectivity index (χ2n) is 5.92. The van der Waals surface area contributed by atoms with E-state index in [0.717, 1.165) is 54.2 Å². The zero-order valence-electron chi connectivity index (χ0n) is 13.1. The molecule has 0 aliphatic carbocycles. The van der Waals surface area contributed by atoms with Gasteiger partial charge >= 0.3 is 0 Å². The third-order valence-corrected chi connectivity index (χ3v) is 4.31. The molecule has 4 heterocycles. The van der Waals surface area contributed by atoms with Crippen LogP contribution in [0.2, 0.25) is 0 Å². The maximum absolute atomic E-state index is 5.47. The number of hydrogen-bond donors (Lipinski definition) is 1. The highest BCUT2D eigenvalue weighted by Gasteiger charge is 2.22. The third-order valence-electron chi connectivity index (χ3n) is 4.31. The Bertz CT molecular complexity index is 807. The van der Waals surface area contributed by atoms with Crippen LogP contribution < -0.4 is 10.2 Å². The van der Waals surface area contributed by atoms with Crippen molar-refractivity contribution >= 4 is 22.6 Å². The minimum atomic E-state index is 0.434. The van der Waals surface area contributed by atoms with Crippen molar-refractivity contribution in [1.29, 1.82) is 0 Å². The monoisotopic (exact) mass is 309 g/mol. The molecule has 1 N–H and O–H groups in total. The van der Waals surface area contributed by atoms with Gasteiger partial charge in [0.05, 0.1) is 11.6 Å². The molecule has 23 heavy (non-hydrogen) atoms. The van der Waals surface area contributed by atoms with Gasteiger partial charge in [-0.15, -0.1) is 0 Å². The first-order chi connectivity index (χ1) is 11.3. The van der Waals surface area contributed by atoms with E-state index >= 15 is 0 Å². The van der Waals surface area contributed by atoms with Crippen molar-refractivity contribution < 1.29 is 4.42 Å². The Labute approximate surface area is 134 Å². The van der Waals surface area contributed by atoms with Gasteiger partial charge in [0.15, 0.2) is 0 Å². The van der Waals surface area contributed by atoms with Gasteiger partial charge in [-0.25, -0.2) is 15.0 Å². The Morgan fingerprint density at radius 2 is 2.04 bits per heavy atom. The highest BCUT2D eigenvalue weighted by Crippen LogP contribution is 2.28. The molecule has 6 heteroatoms. The van der Waals surface area contributed by atoms with Crippen LogP contribution in [0.25, 0.3) is 11.0 Å². The number of furan rings is 1. The van der Waals surface area contributed by atoms with Gasteiger partial charge in [0.1, 0.15) is 23.5 Å². The smallest absolute Gasteiger partial charge is 0.139 e. The molecular formula is C17H19N5O. The summed E-state index contributed by atoms with van der Waals surface area (Å²) in [4.78, 5) is 15.3. The lowest BCUT2D eigenvalue weighted by atomic mass is 10.0. The number of fused-ring (bicyclic) bond motifs is 1. The van der Waals surface area contributed by atoms with Crippen molar-refractivity contribution in [1.82, 2.24) is 15.0 Å². The molecule has 0 aromatic carbocycles. The van der Waals surface area contributed by atoms with Crippen LogP contribution in [0.15, 0.2) is 41.4 Å². The Morgan fingerprint density at radius 1 is 1.17 bits per heavy atom. The van der Waals surface area contributed by atoms with Crippen molar-refractivity contribution in [3.05, 3.63) is 42.7 Å². The number of nitrogens with zero attached hydrogens (tertiary/aromatic N) is 4. The lowest BCUT2D eigenvalue weighted by Gasteiger charge is -2.33. The quantitative estimate of drug-likeness (QED) is 0.802. The molecule has 0 unspecified atom stereocenters. The summed E-state index contributed by atoms with van der Waals surface area (Å²) in [6, 6.07) is 6.32. The van der Waals surface area contributed by atoms with Crippen LogP contribution in [0.3, 0.4) is 0 Å². The van der Waals surface area contributed by atoms with E-state index in [9.17, 15) is 0 Å². The van der Waals surface area contributed by atoms with Crippen LogP contribution in [-0.2, 0) is 0 Å². The number of anilines is 2. The fourth-order valence-electron chi connectivity index (χ4n) is 3.11. The first-order valence-corrected chi connectivity index (χ1v) is 7.92. The molecule has 0 saturated carbocycles. The van der Waals surface area contributed by atoms with Crippen LogP contribution in [0.5, 0.6) is 0 Å². The summed E-state index contributed by atoms with van der Waals surface area (Å²) in [7, 11) is 0. The number of rotatable bonds is 3. The van der Waals surface area contributed by atoms with Crippen molar-refractivity contribution in [3.8, 4) is 0 Å². The summed E-state index contributed by atoms with van der Waals surface area (Å²) in [5, 5.41) is 4.60. The van der Waals surface area contributed by atoms with Gasteiger partial charge in [-0.05, 0) is 31.9 Å². The molecule has 3 aromatic rings. The molecule has 0 amide bonds. The molecule has 0 atom stereocenters. The first-order valence-electron chi connectivity index (χ1n) is 7.92. The molecule has 4 rings (SSSR count). The lowest BCUT2D eigenvalue weighted by Crippen LogP contribution is -2.39. The van der Waals surface area contributed by atoms with Crippen LogP contribution in [0, 0.1) is 6.92 Å². The highest BCUT2D eigenvalue weighted by molar-refractivity contribution is 5.88. The Balaban J connectivity index is 1.44. The number of aromatic nitrogens is 3. The zero-order valence-corrected chi connectivity index (χ0v) is 13.1. The van der Waals surface area contributed by atoms with Gasteiger partial charge in [0, 0.05) is 37.1 Å². The molecule has 1 saturated heterocycles. The first kappa shape index (κ1) is 14.0. The number of piperidine rings is 1. The standard InChI is InChI=1S/C17H19N5O/c1-12-10-16(20-11-19-12)21-13-3-7-22(8-4-13)17-14-5-9-23-15(14)2-6-18-17/h2,5-6,9-11,13H,3-4,7-8H2,1H3,(H,19,20,21). The largest absolute Gasteiger partial charge is 0.464 e. The highest BCUT2D eigenvalue weighted by atomic mass is 16.3. The summed E-state index contributed by atoms with van der Waals surface area (Å²) in [5.74, 6) is 1.93. The maximum atomic E-state index is 5.47. The van der Waals surface area contributed by atoms with Gasteiger partial charge in [0.2, 0.25) is 0 Å². The van der Waals surface area contributed by atoms with Gasteiger partial charge in [-0.3, -0.25) is 0 Å². The van der Waals surface area contributed by atoms with Crippen LogP contribution >= 0.6 is 0 Å². The fourth-order valence-corrected chi connectivity index (χ4v) is 3.11. The SMILES string of the molecule is Cc1cc(NC2CCN(c3nccc4occc34)CC2)ncn1.